The third-order valence-corrected chi connectivity index (χ3v) is 5.93. The van der Waals surface area contributed by atoms with Crippen molar-refractivity contribution in [2.75, 3.05) is 30.4 Å². The molecule has 0 bridgehead atoms. The summed E-state index contributed by atoms with van der Waals surface area (Å²) in [5.74, 6) is -0.877. The summed E-state index contributed by atoms with van der Waals surface area (Å²) in [5.41, 5.74) is 3.75. The van der Waals surface area contributed by atoms with E-state index in [0.717, 1.165) is 31.6 Å². The van der Waals surface area contributed by atoms with Crippen LogP contribution in [0.5, 0.6) is 0 Å². The van der Waals surface area contributed by atoms with Gasteiger partial charge in [0, 0.05) is 50.5 Å². The topological polar surface area (TPSA) is 87.5 Å². The molecule has 1 fully saturated rings. The molecule has 4 aromatic rings. The van der Waals surface area contributed by atoms with E-state index < -0.39 is 5.82 Å². The lowest BCUT2D eigenvalue weighted by atomic mass is 10.0. The number of hydrogen-bond donors (Lipinski definition) is 2. The quantitative estimate of drug-likeness (QED) is 0.514. The van der Waals surface area contributed by atoms with Gasteiger partial charge >= 0.3 is 0 Å². The molecule has 3 aromatic heterocycles. The summed E-state index contributed by atoms with van der Waals surface area (Å²) in [4.78, 5) is 28.4. The second-order valence-corrected chi connectivity index (χ2v) is 8.14. The van der Waals surface area contributed by atoms with Crippen LogP contribution in [-0.2, 0) is 0 Å². The Balaban J connectivity index is 1.48. The minimum Gasteiger partial charge on any atom is -0.369 e. The number of nitrogens with one attached hydrogen (secondary N) is 2. The average Bonchev–Trinajstić information content (AvgIpc) is 3.19. The van der Waals surface area contributed by atoms with Crippen molar-refractivity contribution in [3.8, 4) is 0 Å². The minimum atomic E-state index is -0.501. The SMILES string of the molecule is Cc1cn2cc(NC(=O)c3ccc(N(C)C4CCCNC4)c4nccnc34)cc(F)c2n1. The number of pyridine rings is 1. The lowest BCUT2D eigenvalue weighted by molar-refractivity contribution is 0.102. The number of carbonyl (C=O) groups is 1. The molecule has 9 heteroatoms. The van der Waals surface area contributed by atoms with Gasteiger partial charge < -0.3 is 19.9 Å². The highest BCUT2D eigenvalue weighted by Crippen LogP contribution is 2.29. The van der Waals surface area contributed by atoms with Gasteiger partial charge in [-0.1, -0.05) is 0 Å². The van der Waals surface area contributed by atoms with Gasteiger partial charge in [0.15, 0.2) is 11.5 Å². The van der Waals surface area contributed by atoms with Crippen LogP contribution in [0, 0.1) is 12.7 Å². The Morgan fingerprint density at radius 1 is 1.25 bits per heavy atom. The smallest absolute Gasteiger partial charge is 0.257 e. The summed E-state index contributed by atoms with van der Waals surface area (Å²) in [5, 5.41) is 6.22. The molecule has 32 heavy (non-hydrogen) atoms. The normalized spacial score (nSPS) is 16.4. The Labute approximate surface area is 184 Å². The first-order valence-electron chi connectivity index (χ1n) is 10.6. The third kappa shape index (κ3) is 3.64. The van der Waals surface area contributed by atoms with Gasteiger partial charge in [0.25, 0.3) is 5.91 Å². The second kappa shape index (κ2) is 8.16. The molecule has 2 N–H and O–H groups in total. The van der Waals surface area contributed by atoms with E-state index in [4.69, 9.17) is 0 Å². The predicted molar refractivity (Wildman–Crippen MR) is 122 cm³/mol. The summed E-state index contributed by atoms with van der Waals surface area (Å²) in [6.45, 7) is 3.73. The number of rotatable bonds is 4. The van der Waals surface area contributed by atoms with Gasteiger partial charge in [-0.2, -0.15) is 0 Å². The second-order valence-electron chi connectivity index (χ2n) is 8.14. The fourth-order valence-electron chi connectivity index (χ4n) is 4.32. The first-order valence-corrected chi connectivity index (χ1v) is 10.6. The van der Waals surface area contributed by atoms with Gasteiger partial charge in [-0.25, -0.2) is 9.37 Å². The maximum Gasteiger partial charge on any atom is 0.257 e. The Bertz CT molecular complexity index is 1310. The summed E-state index contributed by atoms with van der Waals surface area (Å²) in [6.07, 6.45) is 8.77. The summed E-state index contributed by atoms with van der Waals surface area (Å²) >= 11 is 0. The number of likely N-dealkylation sites (N-methyl/N-ethyl adjacent to an activating group) is 1. The largest absolute Gasteiger partial charge is 0.369 e. The number of nitrogens with zero attached hydrogens (tertiary/aromatic N) is 5. The maximum atomic E-state index is 14.4. The van der Waals surface area contributed by atoms with Crippen molar-refractivity contribution in [1.29, 1.82) is 0 Å². The molecule has 0 aliphatic carbocycles. The Hall–Kier alpha value is -3.59. The zero-order valence-electron chi connectivity index (χ0n) is 18.0. The van der Waals surface area contributed by atoms with Crippen LogP contribution < -0.4 is 15.5 Å². The highest BCUT2D eigenvalue weighted by atomic mass is 19.1. The van der Waals surface area contributed by atoms with Gasteiger partial charge in [-0.05, 0) is 38.4 Å². The number of halogens is 1. The van der Waals surface area contributed by atoms with Gasteiger partial charge in [0.05, 0.1) is 22.6 Å². The molecular formula is C23H24FN7O. The number of benzene rings is 1. The average molecular weight is 433 g/mol. The minimum absolute atomic E-state index is 0.224. The van der Waals surface area contributed by atoms with E-state index in [1.807, 2.05) is 13.1 Å². The molecule has 8 nitrogen and oxygen atoms in total. The van der Waals surface area contributed by atoms with Crippen molar-refractivity contribution >= 4 is 34.0 Å². The number of amides is 1. The molecule has 1 amide bonds. The molecule has 164 valence electrons. The van der Waals surface area contributed by atoms with Crippen molar-refractivity contribution in [1.82, 2.24) is 24.7 Å². The highest BCUT2D eigenvalue weighted by molar-refractivity contribution is 6.13. The van der Waals surface area contributed by atoms with Crippen molar-refractivity contribution < 1.29 is 9.18 Å². The lowest BCUT2D eigenvalue weighted by Gasteiger charge is -2.33. The van der Waals surface area contributed by atoms with E-state index in [9.17, 15) is 9.18 Å². The van der Waals surface area contributed by atoms with Crippen molar-refractivity contribution in [3.05, 3.63) is 60.1 Å². The highest BCUT2D eigenvalue weighted by Gasteiger charge is 2.22. The van der Waals surface area contributed by atoms with Gasteiger partial charge in [0.2, 0.25) is 0 Å². The number of anilines is 2. The van der Waals surface area contributed by atoms with E-state index in [-0.39, 0.29) is 11.6 Å². The Morgan fingerprint density at radius 2 is 2.06 bits per heavy atom. The van der Waals surface area contributed by atoms with Crippen LogP contribution in [0.4, 0.5) is 15.8 Å². The van der Waals surface area contributed by atoms with Gasteiger partial charge in [-0.3, -0.25) is 14.8 Å². The number of piperidine rings is 1. The number of fused-ring (bicyclic) bond motifs is 2. The van der Waals surface area contributed by atoms with Crippen LogP contribution in [0.2, 0.25) is 0 Å². The zero-order valence-corrected chi connectivity index (χ0v) is 18.0. The van der Waals surface area contributed by atoms with E-state index in [1.54, 1.807) is 42.2 Å². The van der Waals surface area contributed by atoms with Crippen LogP contribution in [0.3, 0.4) is 0 Å². The molecule has 5 rings (SSSR count). The molecule has 0 spiro atoms. The number of carbonyl (C=O) groups excluding carboxylic acids is 1. The Morgan fingerprint density at radius 3 is 2.84 bits per heavy atom. The van der Waals surface area contributed by atoms with Crippen LogP contribution in [0.1, 0.15) is 28.9 Å². The van der Waals surface area contributed by atoms with Crippen LogP contribution in [0.15, 0.2) is 43.0 Å². The fourth-order valence-corrected chi connectivity index (χ4v) is 4.32. The van der Waals surface area contributed by atoms with Crippen LogP contribution in [0.25, 0.3) is 16.7 Å². The standard InChI is InChI=1S/C23H24FN7O/c1-14-12-31-13-15(10-18(24)22(31)28-14)29-23(32)17-5-6-19(21-20(17)26-8-9-27-21)30(2)16-4-3-7-25-11-16/h5-6,8-10,12-13,16,25H,3-4,7,11H2,1-2H3,(H,29,32). The number of aryl methyl sites for hydroxylation is 1. The first kappa shape index (κ1) is 20.3. The monoisotopic (exact) mass is 433 g/mol. The summed E-state index contributed by atoms with van der Waals surface area (Å²) in [7, 11) is 2.05. The molecule has 1 aliphatic heterocycles. The summed E-state index contributed by atoms with van der Waals surface area (Å²) < 4.78 is 16.0. The van der Waals surface area contributed by atoms with E-state index >= 15 is 0 Å². The molecule has 1 atom stereocenters. The zero-order chi connectivity index (χ0) is 22.2. The van der Waals surface area contributed by atoms with Crippen molar-refractivity contribution in [3.63, 3.8) is 0 Å². The van der Waals surface area contributed by atoms with E-state index in [0.29, 0.717) is 34.0 Å². The molecule has 4 heterocycles. The lowest BCUT2D eigenvalue weighted by Crippen LogP contribution is -2.44. The fraction of sp³-hybridized carbons (Fsp3) is 0.304. The number of aromatic nitrogens is 4. The molecule has 0 radical (unpaired) electrons. The number of imidazole rings is 1. The van der Waals surface area contributed by atoms with Crippen molar-refractivity contribution in [2.24, 2.45) is 0 Å². The van der Waals surface area contributed by atoms with Crippen molar-refractivity contribution in [2.45, 2.75) is 25.8 Å². The van der Waals surface area contributed by atoms with E-state index in [2.05, 4.69) is 30.5 Å². The first-order chi connectivity index (χ1) is 15.5. The Kier molecular flexibility index (Phi) is 5.18. The van der Waals surface area contributed by atoms with E-state index in [1.165, 1.54) is 6.07 Å². The number of hydrogen-bond acceptors (Lipinski definition) is 6. The van der Waals surface area contributed by atoms with Crippen LogP contribution in [-0.4, -0.2) is 51.4 Å². The molecule has 1 unspecified atom stereocenters. The molecular weight excluding hydrogens is 409 g/mol. The molecule has 1 aliphatic rings. The van der Waals surface area contributed by atoms with Crippen LogP contribution >= 0.6 is 0 Å². The predicted octanol–water partition coefficient (Wildman–Crippen LogP) is 3.17. The van der Waals surface area contributed by atoms with Gasteiger partial charge in [0.1, 0.15) is 11.0 Å². The summed E-state index contributed by atoms with van der Waals surface area (Å²) in [6, 6.07) is 5.28. The molecule has 0 saturated carbocycles. The maximum absolute atomic E-state index is 14.4. The van der Waals surface area contributed by atoms with Gasteiger partial charge in [-0.15, -0.1) is 0 Å². The molecule has 1 saturated heterocycles. The third-order valence-electron chi connectivity index (χ3n) is 5.93. The molecule has 1 aromatic carbocycles.